The van der Waals surface area contributed by atoms with Gasteiger partial charge in [0, 0.05) is 60.7 Å². The van der Waals surface area contributed by atoms with Gasteiger partial charge in [-0.25, -0.2) is 0 Å². The molecule has 0 bridgehead atoms. The van der Waals surface area contributed by atoms with Gasteiger partial charge in [0.15, 0.2) is 5.78 Å². The van der Waals surface area contributed by atoms with Gasteiger partial charge in [0.05, 0.1) is 6.04 Å². The Kier molecular flexibility index (Phi) is 8.56. The van der Waals surface area contributed by atoms with Crippen LogP contribution in [0.15, 0.2) is 98.1 Å². The van der Waals surface area contributed by atoms with E-state index in [0.717, 1.165) is 11.1 Å². The van der Waals surface area contributed by atoms with Gasteiger partial charge in [0.25, 0.3) is 0 Å². The monoisotopic (exact) mass is 405 g/mol. The second kappa shape index (κ2) is 11.4. The molecule has 0 aliphatic heterocycles. The first-order valence-corrected chi connectivity index (χ1v) is 8.66. The molecule has 2 N–H and O–H groups in total. The average molecular weight is 406 g/mol. The van der Waals surface area contributed by atoms with Crippen LogP contribution in [-0.4, -0.2) is 25.7 Å². The quantitative estimate of drug-likeness (QED) is 0.521. The molecule has 0 radical (unpaired) electrons. The van der Waals surface area contributed by atoms with Gasteiger partial charge in [-0.3, -0.25) is 24.7 Å². The summed E-state index contributed by atoms with van der Waals surface area (Å²) in [5.74, 6) is -0.0498. The number of carbonyl (C=O) groups excluding carboxylic acids is 1. The van der Waals surface area contributed by atoms with Gasteiger partial charge in [-0.2, -0.15) is 0 Å². The lowest BCUT2D eigenvalue weighted by atomic mass is 10.0. The van der Waals surface area contributed by atoms with E-state index < -0.39 is 0 Å². The summed E-state index contributed by atoms with van der Waals surface area (Å²) in [5.41, 5.74) is 9.20. The Morgan fingerprint density at radius 2 is 1.03 bits per heavy atom. The fraction of sp³-hybridized carbons (Fsp3) is 0.0455. The van der Waals surface area contributed by atoms with Crippen LogP contribution in [0.5, 0.6) is 0 Å². The van der Waals surface area contributed by atoms with Crippen LogP contribution in [-0.2, 0) is 0 Å². The van der Waals surface area contributed by atoms with E-state index in [2.05, 4.69) is 19.9 Å². The van der Waals surface area contributed by atoms with Crippen LogP contribution in [0.1, 0.15) is 33.1 Å². The Labute approximate surface area is 175 Å². The van der Waals surface area contributed by atoms with E-state index in [0.29, 0.717) is 11.1 Å². The molecule has 4 aromatic rings. The molecule has 0 fully saturated rings. The molecule has 146 valence electrons. The third kappa shape index (κ3) is 6.27. The molecule has 0 amide bonds. The van der Waals surface area contributed by atoms with E-state index in [1.54, 1.807) is 73.8 Å². The molecule has 4 aromatic heterocycles. The first kappa shape index (κ1) is 21.8. The molecule has 0 atom stereocenters. The first-order chi connectivity index (χ1) is 13.8. The van der Waals surface area contributed by atoms with E-state index in [1.807, 2.05) is 24.3 Å². The number of pyridine rings is 4. The van der Waals surface area contributed by atoms with Crippen LogP contribution >= 0.6 is 12.4 Å². The van der Waals surface area contributed by atoms with Crippen LogP contribution in [0.25, 0.3) is 0 Å². The van der Waals surface area contributed by atoms with Crippen molar-refractivity contribution >= 4 is 18.2 Å². The third-order valence-corrected chi connectivity index (χ3v) is 3.93. The second-order valence-corrected chi connectivity index (χ2v) is 5.86. The molecule has 0 saturated heterocycles. The lowest BCUT2D eigenvalue weighted by molar-refractivity contribution is 0.103. The number of halogens is 1. The average Bonchev–Trinajstić information content (AvgIpc) is 2.81. The summed E-state index contributed by atoms with van der Waals surface area (Å²) in [6.07, 6.45) is 13.4. The summed E-state index contributed by atoms with van der Waals surface area (Å²) >= 11 is 0. The third-order valence-electron chi connectivity index (χ3n) is 3.93. The van der Waals surface area contributed by atoms with Gasteiger partial charge >= 0.3 is 0 Å². The summed E-state index contributed by atoms with van der Waals surface area (Å²) in [7, 11) is 0. The summed E-state index contributed by atoms with van der Waals surface area (Å²) in [4.78, 5) is 27.6. The fourth-order valence-electron chi connectivity index (χ4n) is 2.47. The number of ketones is 1. The number of aromatic nitrogens is 4. The largest absolute Gasteiger partial charge is 0.320 e. The standard InChI is InChI=1S/C11H11N3.C11H8N2O.ClH/c12-11(9-3-1-5-13-7-9)10-4-2-6-14-8-10;14-11(9-3-1-5-12-7-9)10-4-2-6-13-8-10;/h1-8,11H,12H2;1-8H;1H. The molecule has 0 aliphatic carbocycles. The molecule has 29 heavy (non-hydrogen) atoms. The van der Waals surface area contributed by atoms with Gasteiger partial charge in [-0.15, -0.1) is 12.4 Å². The maximum Gasteiger partial charge on any atom is 0.196 e. The zero-order chi connectivity index (χ0) is 19.6. The van der Waals surface area contributed by atoms with Crippen LogP contribution < -0.4 is 5.73 Å². The van der Waals surface area contributed by atoms with E-state index >= 15 is 0 Å². The molecule has 0 aromatic carbocycles. The highest BCUT2D eigenvalue weighted by Gasteiger charge is 2.08. The lowest BCUT2D eigenvalue weighted by Gasteiger charge is -2.10. The lowest BCUT2D eigenvalue weighted by Crippen LogP contribution is -2.11. The Bertz CT molecular complexity index is 906. The maximum atomic E-state index is 11.8. The smallest absolute Gasteiger partial charge is 0.196 e. The Morgan fingerprint density at radius 3 is 1.34 bits per heavy atom. The summed E-state index contributed by atoms with van der Waals surface area (Å²) in [5, 5.41) is 0. The highest BCUT2D eigenvalue weighted by molar-refractivity contribution is 6.08. The molecule has 6 nitrogen and oxygen atoms in total. The number of carbonyl (C=O) groups is 1. The van der Waals surface area contributed by atoms with Crippen molar-refractivity contribution in [3.05, 3.63) is 120 Å². The molecule has 7 heteroatoms. The van der Waals surface area contributed by atoms with E-state index in [1.165, 1.54) is 0 Å². The van der Waals surface area contributed by atoms with Crippen LogP contribution in [0.3, 0.4) is 0 Å². The number of nitrogens with zero attached hydrogens (tertiary/aromatic N) is 4. The predicted octanol–water partition coefficient (Wildman–Crippen LogP) is 3.65. The SMILES string of the molecule is Cl.NC(c1cccnc1)c1cccnc1.O=C(c1cccnc1)c1cccnc1. The van der Waals surface area contributed by atoms with Crippen molar-refractivity contribution in [2.24, 2.45) is 5.73 Å². The van der Waals surface area contributed by atoms with Crippen molar-refractivity contribution in [2.45, 2.75) is 6.04 Å². The van der Waals surface area contributed by atoms with Gasteiger partial charge in [-0.05, 0) is 47.5 Å². The normalized spacial score (nSPS) is 9.72. The number of hydrogen-bond acceptors (Lipinski definition) is 6. The van der Waals surface area contributed by atoms with Crippen LogP contribution in [0.2, 0.25) is 0 Å². The molecular weight excluding hydrogens is 386 g/mol. The minimum absolute atomic E-state index is 0. The molecule has 0 saturated carbocycles. The second-order valence-electron chi connectivity index (χ2n) is 5.86. The minimum atomic E-state index is -0.141. The summed E-state index contributed by atoms with van der Waals surface area (Å²) in [6.45, 7) is 0. The van der Waals surface area contributed by atoms with Crippen molar-refractivity contribution in [2.75, 3.05) is 0 Å². The Hall–Kier alpha value is -3.48. The summed E-state index contributed by atoms with van der Waals surface area (Å²) in [6, 6.07) is 14.5. The van der Waals surface area contributed by atoms with Gasteiger partial charge in [0.2, 0.25) is 0 Å². The van der Waals surface area contributed by atoms with Gasteiger partial charge < -0.3 is 5.73 Å². The van der Waals surface area contributed by atoms with Crippen LogP contribution in [0.4, 0.5) is 0 Å². The molecule has 4 heterocycles. The van der Waals surface area contributed by atoms with Gasteiger partial charge in [-0.1, -0.05) is 12.1 Å². The topological polar surface area (TPSA) is 94.7 Å². The molecule has 0 unspecified atom stereocenters. The Morgan fingerprint density at radius 1 is 0.655 bits per heavy atom. The van der Waals surface area contributed by atoms with E-state index in [9.17, 15) is 4.79 Å². The van der Waals surface area contributed by atoms with Crippen molar-refractivity contribution in [3.63, 3.8) is 0 Å². The number of rotatable bonds is 4. The van der Waals surface area contributed by atoms with Crippen molar-refractivity contribution in [3.8, 4) is 0 Å². The van der Waals surface area contributed by atoms with Crippen LogP contribution in [0, 0.1) is 0 Å². The fourth-order valence-corrected chi connectivity index (χ4v) is 2.47. The molecular formula is C22H20ClN5O. The highest BCUT2D eigenvalue weighted by Crippen LogP contribution is 2.16. The maximum absolute atomic E-state index is 11.8. The Balaban J connectivity index is 0.000000200. The van der Waals surface area contributed by atoms with Crippen molar-refractivity contribution < 1.29 is 4.79 Å². The first-order valence-electron chi connectivity index (χ1n) is 8.66. The van der Waals surface area contributed by atoms with Gasteiger partial charge in [0.1, 0.15) is 0 Å². The van der Waals surface area contributed by atoms with Crippen molar-refractivity contribution in [1.29, 1.82) is 0 Å². The van der Waals surface area contributed by atoms with E-state index in [-0.39, 0.29) is 24.2 Å². The zero-order valence-corrected chi connectivity index (χ0v) is 16.3. The summed E-state index contributed by atoms with van der Waals surface area (Å²) < 4.78 is 0. The molecule has 4 rings (SSSR count). The van der Waals surface area contributed by atoms with E-state index in [4.69, 9.17) is 5.73 Å². The molecule has 0 aliphatic rings. The zero-order valence-electron chi connectivity index (χ0n) is 15.5. The molecule has 0 spiro atoms. The minimum Gasteiger partial charge on any atom is -0.320 e. The number of nitrogens with two attached hydrogens (primary N) is 1. The van der Waals surface area contributed by atoms with Crippen molar-refractivity contribution in [1.82, 2.24) is 19.9 Å². The predicted molar refractivity (Wildman–Crippen MR) is 114 cm³/mol. The number of hydrogen-bond donors (Lipinski definition) is 1. The highest BCUT2D eigenvalue weighted by atomic mass is 35.5.